The van der Waals surface area contributed by atoms with Crippen LogP contribution in [0.3, 0.4) is 0 Å². The van der Waals surface area contributed by atoms with E-state index in [1.54, 1.807) is 0 Å². The van der Waals surface area contributed by atoms with Crippen molar-refractivity contribution in [2.45, 2.75) is 128 Å². The molecule has 0 bridgehead atoms. The third kappa shape index (κ3) is 25.9. The first kappa shape index (κ1) is 49.0. The molecule has 6 unspecified atom stereocenters. The summed E-state index contributed by atoms with van der Waals surface area (Å²) in [6.45, 7) is 3.46. The molecule has 0 aliphatic carbocycles. The van der Waals surface area contributed by atoms with Gasteiger partial charge in [-0.2, -0.15) is 8.42 Å². The zero-order valence-corrected chi connectivity index (χ0v) is 32.8. The minimum atomic E-state index is -5.08. The first-order chi connectivity index (χ1) is 26.1. The molecule has 4 N–H and O–H groups in total. The van der Waals surface area contributed by atoms with Crippen LogP contribution in [0.5, 0.6) is 0 Å². The van der Waals surface area contributed by atoms with E-state index in [2.05, 4.69) is 103 Å². The molecule has 1 aliphatic rings. The fraction of sp³-hybridized carbons (Fsp3) is 0.585. The molecule has 1 fully saturated rings. The van der Waals surface area contributed by atoms with Crippen molar-refractivity contribution >= 4 is 16.4 Å². The summed E-state index contributed by atoms with van der Waals surface area (Å²) in [5.41, 5.74) is 0. The van der Waals surface area contributed by atoms with Gasteiger partial charge < -0.3 is 34.3 Å². The maximum absolute atomic E-state index is 12.7. The van der Waals surface area contributed by atoms with Crippen molar-refractivity contribution in [3.8, 4) is 0 Å². The Balaban J connectivity index is 2.62. The first-order valence-corrected chi connectivity index (χ1v) is 20.4. The summed E-state index contributed by atoms with van der Waals surface area (Å²) in [6.07, 6.45) is 33.4. The smallest absolute Gasteiger partial charge is 0.397 e. The van der Waals surface area contributed by atoms with Crippen LogP contribution in [0.4, 0.5) is 0 Å². The van der Waals surface area contributed by atoms with Crippen molar-refractivity contribution in [1.29, 1.82) is 0 Å². The Morgan fingerprint density at radius 2 is 1.19 bits per heavy atom. The number of hydrogen-bond acceptors (Lipinski definition) is 11. The molecule has 0 aromatic carbocycles. The number of carbonyl (C=O) groups is 1. The second kappa shape index (κ2) is 32.3. The molecule has 1 heterocycles. The Morgan fingerprint density at radius 3 is 1.67 bits per heavy atom. The minimum Gasteiger partial charge on any atom is -0.457 e. The number of aliphatic hydroxyl groups is 3. The van der Waals surface area contributed by atoms with Crippen LogP contribution < -0.4 is 0 Å². The van der Waals surface area contributed by atoms with Crippen molar-refractivity contribution in [2.24, 2.45) is 0 Å². The zero-order valence-electron chi connectivity index (χ0n) is 32.0. The molecular formula is C41H64O12S. The maximum Gasteiger partial charge on any atom is 0.397 e. The second-order valence-electron chi connectivity index (χ2n) is 12.4. The van der Waals surface area contributed by atoms with E-state index in [4.69, 9.17) is 23.5 Å². The van der Waals surface area contributed by atoms with E-state index in [0.717, 1.165) is 64.2 Å². The predicted molar refractivity (Wildman–Crippen MR) is 211 cm³/mol. The van der Waals surface area contributed by atoms with Gasteiger partial charge >= 0.3 is 16.4 Å². The molecule has 1 aliphatic heterocycles. The Labute approximate surface area is 323 Å². The Morgan fingerprint density at radius 1 is 0.704 bits per heavy atom. The summed E-state index contributed by atoms with van der Waals surface area (Å²) in [4.78, 5) is 12.7. The maximum atomic E-state index is 12.7. The third-order valence-electron chi connectivity index (χ3n) is 7.72. The van der Waals surface area contributed by atoms with Crippen LogP contribution in [0.25, 0.3) is 0 Å². The quantitative estimate of drug-likeness (QED) is 0.0262. The zero-order chi connectivity index (χ0) is 39.7. The molecular weight excluding hydrogens is 717 g/mol. The van der Waals surface area contributed by atoms with Gasteiger partial charge in [0.25, 0.3) is 0 Å². The number of carbonyl (C=O) groups excluding carboxylic acids is 1. The number of aliphatic hydroxyl groups excluding tert-OH is 3. The van der Waals surface area contributed by atoms with E-state index < -0.39 is 59.8 Å². The van der Waals surface area contributed by atoms with Crippen LogP contribution in [0.2, 0.25) is 0 Å². The standard InChI is InChI=1S/C41H64O12S/c1-3-5-7-9-11-13-15-17-19-21-23-25-27-29-31-49-33-35(34-50-41-39(45)40(53-54(46,47)48)38(44)36(32-42)52-41)51-37(43)30-28-26-24-22-20-18-16-14-12-10-8-6-4-2/h5-8,11-14,17-20,23-26,35-36,38-42,44-45H,3-4,9-10,15-16,21-22,27-34H2,1-2H3,(H,46,47,48)/b7-5-,8-6-,13-11-,14-12-,19-17-,20-18-,25-23-,26-24-. The average molecular weight is 781 g/mol. The molecule has 12 nitrogen and oxygen atoms in total. The lowest BCUT2D eigenvalue weighted by molar-refractivity contribution is -0.301. The lowest BCUT2D eigenvalue weighted by Gasteiger charge is -2.41. The Kier molecular flexibility index (Phi) is 29.3. The van der Waals surface area contributed by atoms with Gasteiger partial charge in [-0.25, -0.2) is 4.18 Å². The van der Waals surface area contributed by atoms with Crippen LogP contribution in [-0.2, 0) is 38.3 Å². The van der Waals surface area contributed by atoms with Gasteiger partial charge in [0.05, 0.1) is 19.8 Å². The molecule has 13 heteroatoms. The topological polar surface area (TPSA) is 178 Å². The van der Waals surface area contributed by atoms with Gasteiger partial charge in [-0.05, 0) is 70.6 Å². The summed E-state index contributed by atoms with van der Waals surface area (Å²) in [6, 6.07) is 0. The highest BCUT2D eigenvalue weighted by Crippen LogP contribution is 2.26. The average Bonchev–Trinajstić information content (AvgIpc) is 3.14. The van der Waals surface area contributed by atoms with E-state index in [-0.39, 0.29) is 19.6 Å². The largest absolute Gasteiger partial charge is 0.457 e. The molecule has 1 saturated heterocycles. The lowest BCUT2D eigenvalue weighted by Crippen LogP contribution is -2.60. The molecule has 0 aromatic heterocycles. The molecule has 0 spiro atoms. The predicted octanol–water partition coefficient (Wildman–Crippen LogP) is 6.73. The molecule has 0 aromatic rings. The van der Waals surface area contributed by atoms with Gasteiger partial charge in [0.1, 0.15) is 30.5 Å². The van der Waals surface area contributed by atoms with Crippen molar-refractivity contribution in [3.05, 3.63) is 97.2 Å². The molecule has 54 heavy (non-hydrogen) atoms. The number of ether oxygens (including phenoxy) is 4. The minimum absolute atomic E-state index is 0.0380. The van der Waals surface area contributed by atoms with Crippen molar-refractivity contribution in [1.82, 2.24) is 0 Å². The van der Waals surface area contributed by atoms with Crippen molar-refractivity contribution in [2.75, 3.05) is 26.4 Å². The van der Waals surface area contributed by atoms with Gasteiger partial charge in [-0.1, -0.05) is 111 Å². The van der Waals surface area contributed by atoms with Crippen LogP contribution in [0.15, 0.2) is 97.2 Å². The summed E-state index contributed by atoms with van der Waals surface area (Å²) in [5, 5.41) is 30.5. The highest BCUT2D eigenvalue weighted by molar-refractivity contribution is 7.80. The van der Waals surface area contributed by atoms with Crippen LogP contribution >= 0.6 is 0 Å². The fourth-order valence-corrected chi connectivity index (χ4v) is 5.43. The van der Waals surface area contributed by atoms with Crippen LogP contribution in [0.1, 0.15) is 90.9 Å². The molecule has 0 saturated carbocycles. The molecule has 0 amide bonds. The summed E-state index contributed by atoms with van der Waals surface area (Å²) >= 11 is 0. The van der Waals surface area contributed by atoms with Crippen LogP contribution in [-0.4, -0.2) is 97.5 Å². The van der Waals surface area contributed by atoms with Gasteiger partial charge in [-0.3, -0.25) is 9.35 Å². The lowest BCUT2D eigenvalue weighted by atomic mass is 9.99. The van der Waals surface area contributed by atoms with E-state index in [1.807, 2.05) is 12.2 Å². The Hall–Kier alpha value is -2.98. The molecule has 1 rings (SSSR count). The summed E-state index contributed by atoms with van der Waals surface area (Å²) in [7, 11) is -5.08. The first-order valence-electron chi connectivity index (χ1n) is 19.0. The molecule has 306 valence electrons. The monoisotopic (exact) mass is 780 g/mol. The molecule has 6 atom stereocenters. The van der Waals surface area contributed by atoms with E-state index in [1.165, 1.54) is 0 Å². The highest BCUT2D eigenvalue weighted by atomic mass is 32.3. The number of unbranched alkanes of at least 4 members (excludes halogenated alkanes) is 1. The van der Waals surface area contributed by atoms with Gasteiger partial charge in [0, 0.05) is 13.0 Å². The SMILES string of the molecule is CC/C=C\C/C=C\C/C=C\C/C=C\CCCOCC(COC1OC(CO)C(O)C(OS(=O)(=O)O)C1O)OC(=O)CC/C=C\C/C=C\C/C=C\C/C=C\CC. The normalized spacial score (nSPS) is 22.2. The van der Waals surface area contributed by atoms with Gasteiger partial charge in [0.2, 0.25) is 0 Å². The van der Waals surface area contributed by atoms with Crippen LogP contribution in [0, 0.1) is 0 Å². The van der Waals surface area contributed by atoms with Crippen molar-refractivity contribution in [3.63, 3.8) is 0 Å². The van der Waals surface area contributed by atoms with Gasteiger partial charge in [0.15, 0.2) is 6.29 Å². The number of rotatable bonds is 30. The van der Waals surface area contributed by atoms with E-state index in [9.17, 15) is 28.5 Å². The number of allylic oxidation sites excluding steroid dienone is 16. The highest BCUT2D eigenvalue weighted by Gasteiger charge is 2.48. The fourth-order valence-electron chi connectivity index (χ4n) is 4.92. The second-order valence-corrected chi connectivity index (χ2v) is 13.4. The van der Waals surface area contributed by atoms with Gasteiger partial charge in [-0.15, -0.1) is 0 Å². The van der Waals surface area contributed by atoms with Crippen molar-refractivity contribution < 1.29 is 56.2 Å². The molecule has 0 radical (unpaired) electrons. The number of esters is 1. The Bertz CT molecular complexity index is 1310. The van der Waals surface area contributed by atoms with E-state index >= 15 is 0 Å². The summed E-state index contributed by atoms with van der Waals surface area (Å²) in [5.74, 6) is -0.504. The summed E-state index contributed by atoms with van der Waals surface area (Å²) < 4.78 is 58.6. The van der Waals surface area contributed by atoms with E-state index in [0.29, 0.717) is 13.0 Å². The third-order valence-corrected chi connectivity index (χ3v) is 8.18. The number of hydrogen-bond donors (Lipinski definition) is 4.